The molecule has 1 aliphatic rings. The molecule has 1 aliphatic carbocycles. The van der Waals surface area contributed by atoms with Gasteiger partial charge in [-0.05, 0) is 70.0 Å². The van der Waals surface area contributed by atoms with E-state index in [1.165, 1.54) is 58.0 Å². The van der Waals surface area contributed by atoms with Crippen molar-refractivity contribution in [1.29, 1.82) is 0 Å². The van der Waals surface area contributed by atoms with Crippen LogP contribution in [-0.2, 0) is 0 Å². The quantitative estimate of drug-likeness (QED) is 0.610. The van der Waals surface area contributed by atoms with E-state index >= 15 is 0 Å². The van der Waals surface area contributed by atoms with E-state index in [4.69, 9.17) is 5.73 Å². The number of hydrogen-bond donors (Lipinski definition) is 1. The van der Waals surface area contributed by atoms with Crippen molar-refractivity contribution in [2.45, 2.75) is 71.8 Å². The second-order valence-electron chi connectivity index (χ2n) is 6.44. The van der Waals surface area contributed by atoms with Gasteiger partial charge >= 0.3 is 0 Å². The van der Waals surface area contributed by atoms with E-state index in [0.29, 0.717) is 0 Å². The molecule has 0 bridgehead atoms. The summed E-state index contributed by atoms with van der Waals surface area (Å²) in [6.45, 7) is 10.5. The van der Waals surface area contributed by atoms with Crippen molar-refractivity contribution >= 4 is 0 Å². The number of nitrogens with two attached hydrogens (primary N) is 1. The largest absolute Gasteiger partial charge is 0.330 e. The van der Waals surface area contributed by atoms with Crippen LogP contribution in [0.25, 0.3) is 0 Å². The molecule has 2 nitrogen and oxygen atoms in total. The maximum Gasteiger partial charge on any atom is 0.00964 e. The third kappa shape index (κ3) is 6.75. The average molecular weight is 254 g/mol. The lowest BCUT2D eigenvalue weighted by molar-refractivity contribution is 0.235. The molecule has 2 N–H and O–H groups in total. The zero-order valence-electron chi connectivity index (χ0n) is 12.8. The van der Waals surface area contributed by atoms with E-state index in [-0.39, 0.29) is 0 Å². The Kier molecular flexibility index (Phi) is 7.92. The molecule has 1 unspecified atom stereocenters. The Bertz CT molecular complexity index is 199. The average Bonchev–Trinajstić information content (AvgIpc) is 3.16. The molecule has 0 aliphatic heterocycles. The maximum atomic E-state index is 5.67. The number of rotatable bonds is 11. The van der Waals surface area contributed by atoms with Crippen LogP contribution in [0.2, 0.25) is 0 Å². The summed E-state index contributed by atoms with van der Waals surface area (Å²) in [5.74, 6) is 1.70. The van der Waals surface area contributed by atoms with Crippen LogP contribution in [-0.4, -0.2) is 30.6 Å². The predicted octanol–water partition coefficient (Wildman–Crippen LogP) is 3.65. The number of hydrogen-bond acceptors (Lipinski definition) is 2. The van der Waals surface area contributed by atoms with Gasteiger partial charge in [0, 0.05) is 6.04 Å². The lowest BCUT2D eigenvalue weighted by atomic mass is 9.96. The summed E-state index contributed by atoms with van der Waals surface area (Å²) in [6, 6.07) is 0.929. The minimum atomic E-state index is 0.840. The third-order valence-corrected chi connectivity index (χ3v) is 4.27. The minimum absolute atomic E-state index is 0.840. The molecule has 1 rings (SSSR count). The Balaban J connectivity index is 2.16. The highest BCUT2D eigenvalue weighted by atomic mass is 15.2. The van der Waals surface area contributed by atoms with Crippen molar-refractivity contribution in [3.05, 3.63) is 0 Å². The van der Waals surface area contributed by atoms with Crippen molar-refractivity contribution in [1.82, 2.24) is 4.90 Å². The first-order valence-electron chi connectivity index (χ1n) is 8.11. The minimum Gasteiger partial charge on any atom is -0.330 e. The smallest absolute Gasteiger partial charge is 0.00964 e. The van der Waals surface area contributed by atoms with E-state index < -0.39 is 0 Å². The molecule has 0 heterocycles. The Morgan fingerprint density at radius 3 is 2.33 bits per heavy atom. The van der Waals surface area contributed by atoms with Gasteiger partial charge in [-0.15, -0.1) is 0 Å². The summed E-state index contributed by atoms with van der Waals surface area (Å²) in [4.78, 5) is 2.75. The van der Waals surface area contributed by atoms with Gasteiger partial charge in [0.15, 0.2) is 0 Å². The maximum absolute atomic E-state index is 5.67. The molecule has 2 heteroatoms. The zero-order chi connectivity index (χ0) is 13.4. The first kappa shape index (κ1) is 16.0. The predicted molar refractivity (Wildman–Crippen MR) is 80.7 cm³/mol. The van der Waals surface area contributed by atoms with E-state index in [1.54, 1.807) is 0 Å². The molecule has 0 spiro atoms. The molecule has 0 amide bonds. The monoisotopic (exact) mass is 254 g/mol. The van der Waals surface area contributed by atoms with Crippen LogP contribution in [0, 0.1) is 11.8 Å². The molecule has 1 atom stereocenters. The van der Waals surface area contributed by atoms with Crippen molar-refractivity contribution in [2.24, 2.45) is 17.6 Å². The Hall–Kier alpha value is -0.0800. The molecule has 0 aromatic heterocycles. The molecule has 108 valence electrons. The highest BCUT2D eigenvalue weighted by Crippen LogP contribution is 2.28. The molecule has 1 fully saturated rings. The van der Waals surface area contributed by atoms with Crippen LogP contribution >= 0.6 is 0 Å². The fraction of sp³-hybridized carbons (Fsp3) is 1.00. The van der Waals surface area contributed by atoms with Crippen molar-refractivity contribution in [3.8, 4) is 0 Å². The highest BCUT2D eigenvalue weighted by Gasteiger charge is 2.28. The van der Waals surface area contributed by atoms with Crippen LogP contribution in [0.5, 0.6) is 0 Å². The molecular formula is C16H34N2. The third-order valence-electron chi connectivity index (χ3n) is 4.27. The molecule has 0 saturated heterocycles. The van der Waals surface area contributed by atoms with Crippen LogP contribution in [0.15, 0.2) is 0 Å². The van der Waals surface area contributed by atoms with Gasteiger partial charge in [-0.3, -0.25) is 0 Å². The molecule has 1 saturated carbocycles. The summed E-state index contributed by atoms with van der Waals surface area (Å²) < 4.78 is 0. The van der Waals surface area contributed by atoms with Gasteiger partial charge in [-0.1, -0.05) is 27.2 Å². The highest BCUT2D eigenvalue weighted by molar-refractivity contribution is 4.84. The van der Waals surface area contributed by atoms with Gasteiger partial charge in [0.2, 0.25) is 0 Å². The summed E-state index contributed by atoms with van der Waals surface area (Å²) in [5.41, 5.74) is 5.67. The second-order valence-corrected chi connectivity index (χ2v) is 6.44. The molecule has 0 aromatic carbocycles. The van der Waals surface area contributed by atoms with E-state index in [1.807, 2.05) is 0 Å². The molecular weight excluding hydrogens is 220 g/mol. The number of nitrogens with zero attached hydrogens (tertiary/aromatic N) is 1. The van der Waals surface area contributed by atoms with E-state index in [0.717, 1.165) is 24.4 Å². The summed E-state index contributed by atoms with van der Waals surface area (Å²) in [5, 5.41) is 0. The fourth-order valence-corrected chi connectivity index (χ4v) is 2.71. The lowest BCUT2D eigenvalue weighted by Gasteiger charge is -2.24. The second kappa shape index (κ2) is 8.92. The van der Waals surface area contributed by atoms with E-state index in [2.05, 4.69) is 25.7 Å². The lowest BCUT2D eigenvalue weighted by Crippen LogP contribution is -2.29. The summed E-state index contributed by atoms with van der Waals surface area (Å²) in [6.07, 6.45) is 9.50. The molecule has 0 radical (unpaired) electrons. The van der Waals surface area contributed by atoms with Crippen LogP contribution in [0.3, 0.4) is 0 Å². The van der Waals surface area contributed by atoms with Gasteiger partial charge in [0.05, 0.1) is 0 Å². The van der Waals surface area contributed by atoms with Crippen molar-refractivity contribution in [2.75, 3.05) is 19.6 Å². The topological polar surface area (TPSA) is 29.3 Å². The Morgan fingerprint density at radius 2 is 1.83 bits per heavy atom. The normalized spacial score (nSPS) is 17.7. The Labute approximate surface area is 114 Å². The van der Waals surface area contributed by atoms with Gasteiger partial charge in [0.1, 0.15) is 0 Å². The first-order chi connectivity index (χ1) is 8.67. The van der Waals surface area contributed by atoms with Crippen LogP contribution < -0.4 is 5.73 Å². The standard InChI is InChI=1S/C16H34N2/c1-4-15(9-11-17)6-5-12-18(16-7-8-16)13-10-14(2)3/h14-16H,4-13,17H2,1-3H3. The SMILES string of the molecule is CCC(CCN)CCCN(CCC(C)C)C1CC1. The van der Waals surface area contributed by atoms with Crippen molar-refractivity contribution < 1.29 is 0 Å². The van der Waals surface area contributed by atoms with Gasteiger partial charge in [-0.2, -0.15) is 0 Å². The van der Waals surface area contributed by atoms with Gasteiger partial charge in [-0.25, -0.2) is 0 Å². The molecule has 0 aromatic rings. The summed E-state index contributed by atoms with van der Waals surface area (Å²) >= 11 is 0. The van der Waals surface area contributed by atoms with Gasteiger partial charge < -0.3 is 10.6 Å². The zero-order valence-corrected chi connectivity index (χ0v) is 12.8. The first-order valence-corrected chi connectivity index (χ1v) is 8.11. The summed E-state index contributed by atoms with van der Waals surface area (Å²) in [7, 11) is 0. The van der Waals surface area contributed by atoms with Crippen LogP contribution in [0.1, 0.15) is 65.7 Å². The molecule has 18 heavy (non-hydrogen) atoms. The Morgan fingerprint density at radius 1 is 1.11 bits per heavy atom. The van der Waals surface area contributed by atoms with Crippen LogP contribution in [0.4, 0.5) is 0 Å². The van der Waals surface area contributed by atoms with Crippen molar-refractivity contribution in [3.63, 3.8) is 0 Å². The van der Waals surface area contributed by atoms with Gasteiger partial charge in [0.25, 0.3) is 0 Å². The fourth-order valence-electron chi connectivity index (χ4n) is 2.71. The van der Waals surface area contributed by atoms with E-state index in [9.17, 15) is 0 Å².